The number of nitrogens with one attached hydrogen (secondary N) is 2. The van der Waals surface area contributed by atoms with Crippen molar-refractivity contribution in [2.24, 2.45) is 0 Å². The van der Waals surface area contributed by atoms with Crippen LogP contribution in [-0.4, -0.2) is 34.7 Å². The monoisotopic (exact) mass is 349 g/mol. The lowest BCUT2D eigenvalue weighted by Crippen LogP contribution is -2.40. The molecule has 2 N–H and O–H groups in total. The van der Waals surface area contributed by atoms with Crippen molar-refractivity contribution < 1.29 is 4.74 Å². The summed E-state index contributed by atoms with van der Waals surface area (Å²) in [4.78, 5) is 14.7. The van der Waals surface area contributed by atoms with Crippen LogP contribution in [0.4, 0.5) is 11.8 Å². The molecule has 2 unspecified atom stereocenters. The van der Waals surface area contributed by atoms with Gasteiger partial charge in [0.2, 0.25) is 5.95 Å². The normalized spacial score (nSPS) is 18.5. The fourth-order valence-corrected chi connectivity index (χ4v) is 3.29. The number of ether oxygens (including phenoxy) is 1. The predicted molar refractivity (Wildman–Crippen MR) is 102 cm³/mol. The number of benzene rings is 1. The summed E-state index contributed by atoms with van der Waals surface area (Å²) in [5, 5.41) is 3.37. The molecule has 2 aromatic heterocycles. The van der Waals surface area contributed by atoms with Crippen LogP contribution in [-0.2, 0) is 4.74 Å². The molecule has 3 heterocycles. The molecule has 0 radical (unpaired) electrons. The molecule has 2 atom stereocenters. The van der Waals surface area contributed by atoms with Crippen molar-refractivity contribution >= 4 is 11.8 Å². The van der Waals surface area contributed by atoms with E-state index in [2.05, 4.69) is 57.4 Å². The summed E-state index contributed by atoms with van der Waals surface area (Å²) in [6, 6.07) is 16.7. The Morgan fingerprint density at radius 3 is 2.88 bits per heavy atom. The van der Waals surface area contributed by atoms with Crippen LogP contribution in [0.25, 0.3) is 0 Å². The molecular weight excluding hydrogens is 326 g/mol. The summed E-state index contributed by atoms with van der Waals surface area (Å²) >= 11 is 0. The topological polar surface area (TPSA) is 66.1 Å². The summed E-state index contributed by atoms with van der Waals surface area (Å²) in [5.74, 6) is 1.54. The first-order valence-corrected chi connectivity index (χ1v) is 8.93. The largest absolute Gasteiger partial charge is 0.377 e. The number of aromatic amines is 1. The molecular formula is C20H23N5O. The van der Waals surface area contributed by atoms with E-state index < -0.39 is 0 Å². The minimum atomic E-state index is 0.106. The molecule has 0 bridgehead atoms. The summed E-state index contributed by atoms with van der Waals surface area (Å²) in [6.07, 6.45) is 3.73. The van der Waals surface area contributed by atoms with Crippen molar-refractivity contribution in [3.8, 4) is 0 Å². The van der Waals surface area contributed by atoms with Gasteiger partial charge >= 0.3 is 0 Å². The number of aromatic nitrogens is 3. The molecule has 0 aliphatic carbocycles. The van der Waals surface area contributed by atoms with Crippen LogP contribution in [0.1, 0.15) is 30.3 Å². The van der Waals surface area contributed by atoms with Crippen molar-refractivity contribution in [1.82, 2.24) is 15.0 Å². The number of hydrogen-bond donors (Lipinski definition) is 2. The summed E-state index contributed by atoms with van der Waals surface area (Å²) in [6.45, 7) is 4.26. The van der Waals surface area contributed by atoms with E-state index >= 15 is 0 Å². The molecule has 134 valence electrons. The van der Waals surface area contributed by atoms with Gasteiger partial charge in [-0.3, -0.25) is 0 Å². The van der Waals surface area contributed by atoms with Gasteiger partial charge in [-0.1, -0.05) is 30.3 Å². The zero-order valence-electron chi connectivity index (χ0n) is 14.8. The molecule has 4 rings (SSSR count). The van der Waals surface area contributed by atoms with Crippen molar-refractivity contribution in [2.45, 2.75) is 19.0 Å². The van der Waals surface area contributed by atoms with Gasteiger partial charge in [0.05, 0.1) is 25.3 Å². The standard InChI is InChI=1S/C20H23N5O/c1-15(17-8-5-10-21-17)23-20-22-11-9-19(24-20)25-12-13-26-14-18(25)16-6-3-2-4-7-16/h2-11,15,18,21H,12-14H2,1H3,(H,22,23,24). The highest BCUT2D eigenvalue weighted by molar-refractivity contribution is 5.46. The number of anilines is 2. The molecule has 6 nitrogen and oxygen atoms in total. The Morgan fingerprint density at radius 1 is 1.19 bits per heavy atom. The van der Waals surface area contributed by atoms with Gasteiger partial charge in [0.25, 0.3) is 0 Å². The van der Waals surface area contributed by atoms with E-state index in [-0.39, 0.29) is 12.1 Å². The van der Waals surface area contributed by atoms with Crippen LogP contribution in [0.3, 0.4) is 0 Å². The van der Waals surface area contributed by atoms with E-state index in [1.807, 2.05) is 30.6 Å². The van der Waals surface area contributed by atoms with E-state index in [0.717, 1.165) is 18.1 Å². The number of morpholine rings is 1. The van der Waals surface area contributed by atoms with Crippen molar-refractivity contribution in [3.05, 3.63) is 72.2 Å². The second-order valence-electron chi connectivity index (χ2n) is 6.42. The minimum absolute atomic E-state index is 0.106. The maximum Gasteiger partial charge on any atom is 0.225 e. The molecule has 26 heavy (non-hydrogen) atoms. The first-order valence-electron chi connectivity index (χ1n) is 8.93. The van der Waals surface area contributed by atoms with Gasteiger partial charge in [-0.15, -0.1) is 0 Å². The Labute approximate surface area is 153 Å². The van der Waals surface area contributed by atoms with Gasteiger partial charge in [-0.25, -0.2) is 4.98 Å². The predicted octanol–water partition coefficient (Wildman–Crippen LogP) is 3.56. The number of rotatable bonds is 5. The van der Waals surface area contributed by atoms with Gasteiger partial charge in [0.15, 0.2) is 0 Å². The maximum absolute atomic E-state index is 5.73. The van der Waals surface area contributed by atoms with E-state index in [0.29, 0.717) is 19.2 Å². The minimum Gasteiger partial charge on any atom is -0.377 e. The zero-order chi connectivity index (χ0) is 17.8. The first-order chi connectivity index (χ1) is 12.8. The lowest BCUT2D eigenvalue weighted by Gasteiger charge is -2.36. The van der Waals surface area contributed by atoms with Gasteiger partial charge in [0.1, 0.15) is 5.82 Å². The fourth-order valence-electron chi connectivity index (χ4n) is 3.29. The molecule has 1 fully saturated rings. The number of H-pyrrole nitrogens is 1. The van der Waals surface area contributed by atoms with Gasteiger partial charge in [0, 0.05) is 24.6 Å². The molecule has 3 aromatic rings. The Morgan fingerprint density at radius 2 is 2.08 bits per heavy atom. The van der Waals surface area contributed by atoms with Crippen molar-refractivity contribution in [2.75, 3.05) is 30.0 Å². The average molecular weight is 349 g/mol. The van der Waals surface area contributed by atoms with E-state index in [4.69, 9.17) is 9.72 Å². The SMILES string of the molecule is CC(Nc1nccc(N2CCOCC2c2ccccc2)n1)c1ccc[nH]1. The van der Waals surface area contributed by atoms with Crippen LogP contribution in [0, 0.1) is 0 Å². The van der Waals surface area contributed by atoms with Gasteiger partial charge < -0.3 is 19.9 Å². The molecule has 1 aliphatic rings. The number of nitrogens with zero attached hydrogens (tertiary/aromatic N) is 3. The Bertz CT molecular complexity index is 821. The fraction of sp³-hybridized carbons (Fsp3) is 0.300. The highest BCUT2D eigenvalue weighted by Gasteiger charge is 2.26. The van der Waals surface area contributed by atoms with Gasteiger partial charge in [-0.05, 0) is 30.7 Å². The summed E-state index contributed by atoms with van der Waals surface area (Å²) < 4.78 is 5.73. The summed E-state index contributed by atoms with van der Waals surface area (Å²) in [7, 11) is 0. The van der Waals surface area contributed by atoms with Crippen LogP contribution in [0.15, 0.2) is 60.9 Å². The third-order valence-corrected chi connectivity index (χ3v) is 4.68. The molecule has 0 spiro atoms. The highest BCUT2D eigenvalue weighted by Crippen LogP contribution is 2.29. The molecule has 6 heteroatoms. The molecule has 1 aromatic carbocycles. The second-order valence-corrected chi connectivity index (χ2v) is 6.42. The average Bonchev–Trinajstić information content (AvgIpc) is 3.24. The van der Waals surface area contributed by atoms with Crippen molar-refractivity contribution in [1.29, 1.82) is 0 Å². The summed E-state index contributed by atoms with van der Waals surface area (Å²) in [5.41, 5.74) is 2.34. The third-order valence-electron chi connectivity index (χ3n) is 4.68. The molecule has 1 aliphatic heterocycles. The molecule has 0 saturated carbocycles. The van der Waals surface area contributed by atoms with Crippen LogP contribution < -0.4 is 10.2 Å². The van der Waals surface area contributed by atoms with Crippen LogP contribution in [0.2, 0.25) is 0 Å². The first kappa shape index (κ1) is 16.6. The van der Waals surface area contributed by atoms with E-state index in [9.17, 15) is 0 Å². The van der Waals surface area contributed by atoms with E-state index in [1.54, 1.807) is 0 Å². The smallest absolute Gasteiger partial charge is 0.225 e. The molecule has 0 amide bonds. The highest BCUT2D eigenvalue weighted by atomic mass is 16.5. The van der Waals surface area contributed by atoms with Gasteiger partial charge in [-0.2, -0.15) is 4.98 Å². The Balaban J connectivity index is 1.56. The van der Waals surface area contributed by atoms with Crippen LogP contribution >= 0.6 is 0 Å². The Hall–Kier alpha value is -2.86. The van der Waals surface area contributed by atoms with E-state index in [1.165, 1.54) is 5.56 Å². The number of hydrogen-bond acceptors (Lipinski definition) is 5. The zero-order valence-corrected chi connectivity index (χ0v) is 14.8. The Kier molecular flexibility index (Phi) is 4.84. The lowest BCUT2D eigenvalue weighted by molar-refractivity contribution is 0.0937. The van der Waals surface area contributed by atoms with Crippen molar-refractivity contribution in [3.63, 3.8) is 0 Å². The lowest BCUT2D eigenvalue weighted by atomic mass is 10.1. The second kappa shape index (κ2) is 7.58. The molecule has 1 saturated heterocycles. The maximum atomic E-state index is 5.73. The third kappa shape index (κ3) is 3.55. The quantitative estimate of drug-likeness (QED) is 0.737. The van der Waals surface area contributed by atoms with Crippen LogP contribution in [0.5, 0.6) is 0 Å².